The lowest BCUT2D eigenvalue weighted by atomic mass is 10.1. The largest absolute Gasteiger partial charge is 0.368 e. The first kappa shape index (κ1) is 9.50. The molecule has 1 atom stereocenters. The molecule has 0 spiro atoms. The molecule has 1 aliphatic heterocycles. The highest BCUT2D eigenvalue weighted by atomic mass is 19.1. The minimum absolute atomic E-state index is 0.116. The van der Waals surface area contributed by atoms with Crippen LogP contribution in [0.2, 0.25) is 0 Å². The van der Waals surface area contributed by atoms with E-state index >= 15 is 0 Å². The van der Waals surface area contributed by atoms with Gasteiger partial charge in [0.05, 0.1) is 0 Å². The van der Waals surface area contributed by atoms with Gasteiger partial charge in [0.25, 0.3) is 0 Å². The molecule has 1 nitrogen and oxygen atoms in total. The summed E-state index contributed by atoms with van der Waals surface area (Å²) in [4.78, 5) is 2.37. The lowest BCUT2D eigenvalue weighted by Gasteiger charge is -2.26. The highest BCUT2D eigenvalue weighted by Crippen LogP contribution is 2.30. The van der Waals surface area contributed by atoms with Gasteiger partial charge < -0.3 is 4.90 Å². The third-order valence-electron chi connectivity index (χ3n) is 3.10. The SMILES string of the molecule is CCC(C)N1CCc2cc(F)ccc21. The van der Waals surface area contributed by atoms with Crippen molar-refractivity contribution in [1.29, 1.82) is 0 Å². The first-order chi connectivity index (χ1) is 6.72. The Hall–Kier alpha value is -1.05. The summed E-state index contributed by atoms with van der Waals surface area (Å²) in [6.07, 6.45) is 2.12. The fourth-order valence-corrected chi connectivity index (χ4v) is 2.07. The van der Waals surface area contributed by atoms with Crippen LogP contribution in [0.25, 0.3) is 0 Å². The number of hydrogen-bond acceptors (Lipinski definition) is 1. The number of nitrogens with zero attached hydrogens (tertiary/aromatic N) is 1. The summed E-state index contributed by atoms with van der Waals surface area (Å²) in [6.45, 7) is 5.44. The maximum Gasteiger partial charge on any atom is 0.123 e. The molecule has 0 saturated heterocycles. The molecule has 0 amide bonds. The molecule has 1 aliphatic rings. The van der Waals surface area contributed by atoms with Crippen LogP contribution in [-0.2, 0) is 6.42 Å². The first-order valence-electron chi connectivity index (χ1n) is 5.27. The standard InChI is InChI=1S/C12H16FN/c1-3-9(2)14-7-6-10-8-11(13)4-5-12(10)14/h4-5,8-9H,3,6-7H2,1-2H3. The fourth-order valence-electron chi connectivity index (χ4n) is 2.07. The minimum atomic E-state index is -0.116. The molecule has 1 aromatic rings. The first-order valence-corrected chi connectivity index (χ1v) is 5.27. The van der Waals surface area contributed by atoms with Gasteiger partial charge in [0.2, 0.25) is 0 Å². The third kappa shape index (κ3) is 1.49. The van der Waals surface area contributed by atoms with E-state index in [9.17, 15) is 4.39 Å². The zero-order chi connectivity index (χ0) is 10.1. The summed E-state index contributed by atoms with van der Waals surface area (Å²) in [5.41, 5.74) is 2.38. The van der Waals surface area contributed by atoms with Crippen molar-refractivity contribution in [3.05, 3.63) is 29.6 Å². The molecule has 76 valence electrons. The lowest BCUT2D eigenvalue weighted by Crippen LogP contribution is -2.30. The van der Waals surface area contributed by atoms with Crippen molar-refractivity contribution in [2.24, 2.45) is 0 Å². The van der Waals surface area contributed by atoms with E-state index in [-0.39, 0.29) is 5.82 Å². The van der Waals surface area contributed by atoms with Crippen LogP contribution in [-0.4, -0.2) is 12.6 Å². The van der Waals surface area contributed by atoms with Gasteiger partial charge in [-0.15, -0.1) is 0 Å². The molecule has 2 rings (SSSR count). The van der Waals surface area contributed by atoms with Crippen molar-refractivity contribution >= 4 is 5.69 Å². The second kappa shape index (κ2) is 3.60. The van der Waals surface area contributed by atoms with Crippen LogP contribution in [0.3, 0.4) is 0 Å². The second-order valence-corrected chi connectivity index (χ2v) is 3.97. The molecule has 0 saturated carbocycles. The quantitative estimate of drug-likeness (QED) is 0.698. The van der Waals surface area contributed by atoms with E-state index in [1.807, 2.05) is 6.07 Å². The molecule has 0 aromatic heterocycles. The monoisotopic (exact) mass is 193 g/mol. The van der Waals surface area contributed by atoms with Gasteiger partial charge in [0, 0.05) is 18.3 Å². The van der Waals surface area contributed by atoms with E-state index in [2.05, 4.69) is 18.7 Å². The molecule has 0 fully saturated rings. The zero-order valence-corrected chi connectivity index (χ0v) is 8.76. The summed E-state index contributed by atoms with van der Waals surface area (Å²) < 4.78 is 13.0. The molecule has 14 heavy (non-hydrogen) atoms. The maximum absolute atomic E-state index is 13.0. The highest BCUT2D eigenvalue weighted by molar-refractivity contribution is 5.58. The molecular weight excluding hydrogens is 177 g/mol. The number of benzene rings is 1. The Kier molecular flexibility index (Phi) is 2.44. The van der Waals surface area contributed by atoms with E-state index in [1.165, 1.54) is 5.69 Å². The molecule has 2 heteroatoms. The van der Waals surface area contributed by atoms with Gasteiger partial charge >= 0.3 is 0 Å². The van der Waals surface area contributed by atoms with E-state index in [0.717, 1.165) is 24.9 Å². The Balaban J connectivity index is 2.31. The predicted octanol–water partition coefficient (Wildman–Crippen LogP) is 2.99. The van der Waals surface area contributed by atoms with Crippen LogP contribution in [0, 0.1) is 5.82 Å². The van der Waals surface area contributed by atoms with Crippen LogP contribution in [0.1, 0.15) is 25.8 Å². The maximum atomic E-state index is 13.0. The van der Waals surface area contributed by atoms with E-state index in [4.69, 9.17) is 0 Å². The topological polar surface area (TPSA) is 3.24 Å². The van der Waals surface area contributed by atoms with Gasteiger partial charge in [-0.1, -0.05) is 6.92 Å². The van der Waals surface area contributed by atoms with Gasteiger partial charge in [-0.3, -0.25) is 0 Å². The lowest BCUT2D eigenvalue weighted by molar-refractivity contribution is 0.626. The molecule has 1 aromatic carbocycles. The fraction of sp³-hybridized carbons (Fsp3) is 0.500. The summed E-state index contributed by atoms with van der Waals surface area (Å²) in [6, 6.07) is 5.68. The van der Waals surface area contributed by atoms with Crippen LogP contribution in [0.4, 0.5) is 10.1 Å². The smallest absolute Gasteiger partial charge is 0.123 e. The molecule has 0 aliphatic carbocycles. The summed E-state index contributed by atoms with van der Waals surface area (Å²) in [5, 5.41) is 0. The van der Waals surface area contributed by atoms with Crippen molar-refractivity contribution in [1.82, 2.24) is 0 Å². The number of rotatable bonds is 2. The Morgan fingerprint density at radius 2 is 2.29 bits per heavy atom. The summed E-state index contributed by atoms with van der Waals surface area (Å²) in [5.74, 6) is -0.116. The van der Waals surface area contributed by atoms with Crippen LogP contribution >= 0.6 is 0 Å². The van der Waals surface area contributed by atoms with E-state index in [0.29, 0.717) is 6.04 Å². The van der Waals surface area contributed by atoms with Gasteiger partial charge in [0.1, 0.15) is 5.82 Å². The Labute approximate surface area is 84.5 Å². The zero-order valence-electron chi connectivity index (χ0n) is 8.76. The van der Waals surface area contributed by atoms with Crippen molar-refractivity contribution in [2.45, 2.75) is 32.7 Å². The molecule has 0 N–H and O–H groups in total. The average Bonchev–Trinajstić information content (AvgIpc) is 2.59. The molecular formula is C12H16FN. The van der Waals surface area contributed by atoms with Crippen molar-refractivity contribution in [2.75, 3.05) is 11.4 Å². The van der Waals surface area contributed by atoms with Crippen LogP contribution < -0.4 is 4.90 Å². The molecule has 1 heterocycles. The van der Waals surface area contributed by atoms with Crippen LogP contribution in [0.5, 0.6) is 0 Å². The predicted molar refractivity (Wildman–Crippen MR) is 57.2 cm³/mol. The van der Waals surface area contributed by atoms with Gasteiger partial charge in [0.15, 0.2) is 0 Å². The minimum Gasteiger partial charge on any atom is -0.368 e. The van der Waals surface area contributed by atoms with Crippen molar-refractivity contribution in [3.63, 3.8) is 0 Å². The summed E-state index contributed by atoms with van der Waals surface area (Å²) >= 11 is 0. The Morgan fingerprint density at radius 3 is 3.00 bits per heavy atom. The van der Waals surface area contributed by atoms with Gasteiger partial charge in [-0.25, -0.2) is 4.39 Å². The molecule has 0 radical (unpaired) electrons. The number of hydrogen-bond donors (Lipinski definition) is 0. The Bertz CT molecular complexity index is 335. The normalized spacial score (nSPS) is 16.9. The summed E-state index contributed by atoms with van der Waals surface area (Å²) in [7, 11) is 0. The molecule has 1 unspecified atom stereocenters. The number of halogens is 1. The van der Waals surface area contributed by atoms with E-state index < -0.39 is 0 Å². The van der Waals surface area contributed by atoms with Gasteiger partial charge in [-0.05, 0) is 43.5 Å². The average molecular weight is 193 g/mol. The van der Waals surface area contributed by atoms with Crippen molar-refractivity contribution in [3.8, 4) is 0 Å². The second-order valence-electron chi connectivity index (χ2n) is 3.97. The number of anilines is 1. The molecule has 0 bridgehead atoms. The van der Waals surface area contributed by atoms with Gasteiger partial charge in [-0.2, -0.15) is 0 Å². The van der Waals surface area contributed by atoms with E-state index in [1.54, 1.807) is 12.1 Å². The van der Waals surface area contributed by atoms with Crippen LogP contribution in [0.15, 0.2) is 18.2 Å². The third-order valence-corrected chi connectivity index (χ3v) is 3.10. The Morgan fingerprint density at radius 1 is 1.50 bits per heavy atom. The van der Waals surface area contributed by atoms with Crippen molar-refractivity contribution < 1.29 is 4.39 Å². The highest BCUT2D eigenvalue weighted by Gasteiger charge is 2.22. The number of fused-ring (bicyclic) bond motifs is 1.